The molecule has 0 atom stereocenters. The van der Waals surface area contributed by atoms with Crippen LogP contribution in [0.2, 0.25) is 0 Å². The van der Waals surface area contributed by atoms with E-state index < -0.39 is 0 Å². The molecule has 0 heterocycles. The molecule has 0 aliphatic rings. The number of carbonyl (C=O) groups excluding carboxylic acids is 3. The Morgan fingerprint density at radius 3 is 1.64 bits per heavy atom. The van der Waals surface area contributed by atoms with Gasteiger partial charge in [0.2, 0.25) is 0 Å². The highest BCUT2D eigenvalue weighted by Crippen LogP contribution is 2.27. The predicted molar refractivity (Wildman–Crippen MR) is 143 cm³/mol. The number of nitrogens with zero attached hydrogens (tertiary/aromatic N) is 2. The normalized spacial score (nSPS) is 10.6. The van der Waals surface area contributed by atoms with Crippen molar-refractivity contribution in [2.45, 2.75) is 27.7 Å². The van der Waals surface area contributed by atoms with Crippen molar-refractivity contribution in [2.24, 2.45) is 0 Å². The zero-order chi connectivity index (χ0) is 26.2. The maximum atomic E-state index is 13.6. The number of hydrogen-bond acceptors (Lipinski definition) is 4. The number of ether oxygens (including phenoxy) is 1. The molecule has 0 radical (unpaired) electrons. The lowest BCUT2D eigenvalue weighted by Crippen LogP contribution is -2.31. The van der Waals surface area contributed by atoms with Crippen molar-refractivity contribution in [3.05, 3.63) is 89.0 Å². The monoisotopic (exact) mass is 486 g/mol. The van der Waals surface area contributed by atoms with Gasteiger partial charge in [-0.1, -0.05) is 18.2 Å². The van der Waals surface area contributed by atoms with E-state index in [4.69, 9.17) is 4.74 Å². The molecule has 3 aromatic rings. The molecular weight excluding hydrogens is 452 g/mol. The van der Waals surface area contributed by atoms with Crippen LogP contribution in [0.5, 0.6) is 5.75 Å². The van der Waals surface area contributed by atoms with Gasteiger partial charge in [0.05, 0.1) is 12.7 Å². The van der Waals surface area contributed by atoms with Crippen LogP contribution < -0.4 is 4.74 Å². The Labute approximate surface area is 213 Å². The Morgan fingerprint density at radius 1 is 0.611 bits per heavy atom. The fourth-order valence-electron chi connectivity index (χ4n) is 4.18. The van der Waals surface area contributed by atoms with Crippen molar-refractivity contribution in [1.29, 1.82) is 0 Å². The minimum Gasteiger partial charge on any atom is -0.497 e. The topological polar surface area (TPSA) is 66.9 Å². The van der Waals surface area contributed by atoms with Gasteiger partial charge in [-0.25, -0.2) is 0 Å². The Balaban J connectivity index is 2.04. The molecule has 0 spiro atoms. The van der Waals surface area contributed by atoms with Gasteiger partial charge in [-0.3, -0.25) is 14.4 Å². The molecule has 0 saturated carbocycles. The van der Waals surface area contributed by atoms with Crippen LogP contribution in [-0.2, 0) is 0 Å². The summed E-state index contributed by atoms with van der Waals surface area (Å²) in [5, 5.41) is 0. The summed E-state index contributed by atoms with van der Waals surface area (Å²) in [6.45, 7) is 10.1. The van der Waals surface area contributed by atoms with Crippen molar-refractivity contribution < 1.29 is 19.1 Å². The molecule has 2 amide bonds. The third kappa shape index (κ3) is 5.65. The second-order valence-corrected chi connectivity index (χ2v) is 8.35. The molecule has 3 rings (SSSR count). The minimum absolute atomic E-state index is 0.0120. The molecule has 0 N–H and O–H groups in total. The van der Waals surface area contributed by atoms with Gasteiger partial charge >= 0.3 is 0 Å². The second kappa shape index (κ2) is 12.2. The van der Waals surface area contributed by atoms with Crippen LogP contribution in [-0.4, -0.2) is 60.7 Å². The molecule has 6 nitrogen and oxygen atoms in total. The van der Waals surface area contributed by atoms with Gasteiger partial charge in [0.15, 0.2) is 5.78 Å². The number of ketones is 1. The summed E-state index contributed by atoms with van der Waals surface area (Å²) in [5.41, 5.74) is 3.46. The zero-order valence-electron chi connectivity index (χ0n) is 21.7. The molecule has 188 valence electrons. The smallest absolute Gasteiger partial charge is 0.254 e. The van der Waals surface area contributed by atoms with E-state index in [1.54, 1.807) is 65.4 Å². The van der Waals surface area contributed by atoms with E-state index >= 15 is 0 Å². The quantitative estimate of drug-likeness (QED) is 0.352. The largest absolute Gasteiger partial charge is 0.497 e. The molecule has 6 heteroatoms. The van der Waals surface area contributed by atoms with E-state index in [0.717, 1.165) is 11.1 Å². The van der Waals surface area contributed by atoms with E-state index in [0.29, 0.717) is 54.2 Å². The summed E-state index contributed by atoms with van der Waals surface area (Å²) >= 11 is 0. The van der Waals surface area contributed by atoms with Gasteiger partial charge in [0, 0.05) is 42.9 Å². The van der Waals surface area contributed by atoms with Gasteiger partial charge in [0.25, 0.3) is 11.8 Å². The summed E-state index contributed by atoms with van der Waals surface area (Å²) in [4.78, 5) is 43.0. The van der Waals surface area contributed by atoms with E-state index in [2.05, 4.69) is 0 Å². The van der Waals surface area contributed by atoms with Crippen molar-refractivity contribution in [2.75, 3.05) is 33.3 Å². The third-order valence-electron chi connectivity index (χ3n) is 6.41. The summed E-state index contributed by atoms with van der Waals surface area (Å²) < 4.78 is 5.21. The minimum atomic E-state index is -0.233. The lowest BCUT2D eigenvalue weighted by Gasteiger charge is -2.21. The average Bonchev–Trinajstić information content (AvgIpc) is 2.93. The van der Waals surface area contributed by atoms with Crippen LogP contribution in [0.15, 0.2) is 66.7 Å². The SMILES string of the molecule is CCN(CC)C(=O)c1ccc(-c2ccc(C(=O)N(CC)CC)c(C(=O)c3ccc(OC)cc3)c2)cc1. The fourth-order valence-corrected chi connectivity index (χ4v) is 4.18. The second-order valence-electron chi connectivity index (χ2n) is 8.35. The summed E-state index contributed by atoms with van der Waals surface area (Å²) in [6.07, 6.45) is 0. The van der Waals surface area contributed by atoms with Crippen LogP contribution in [0.1, 0.15) is 64.3 Å². The molecule has 0 saturated heterocycles. The lowest BCUT2D eigenvalue weighted by molar-refractivity contribution is 0.0763. The van der Waals surface area contributed by atoms with E-state index in [-0.39, 0.29) is 17.6 Å². The third-order valence-corrected chi connectivity index (χ3v) is 6.41. The van der Waals surface area contributed by atoms with Crippen molar-refractivity contribution in [1.82, 2.24) is 9.80 Å². The van der Waals surface area contributed by atoms with E-state index in [1.807, 2.05) is 45.9 Å². The van der Waals surface area contributed by atoms with Crippen LogP contribution in [0.25, 0.3) is 11.1 Å². The molecule has 0 aromatic heterocycles. The summed E-state index contributed by atoms with van der Waals surface area (Å²) in [7, 11) is 1.57. The number of benzene rings is 3. The van der Waals surface area contributed by atoms with Crippen molar-refractivity contribution in [3.8, 4) is 16.9 Å². The fraction of sp³-hybridized carbons (Fsp3) is 0.300. The van der Waals surface area contributed by atoms with Gasteiger partial charge in [0.1, 0.15) is 5.75 Å². The molecule has 36 heavy (non-hydrogen) atoms. The van der Waals surface area contributed by atoms with Crippen LogP contribution >= 0.6 is 0 Å². The van der Waals surface area contributed by atoms with Gasteiger partial charge < -0.3 is 14.5 Å². The lowest BCUT2D eigenvalue weighted by atomic mass is 9.93. The maximum absolute atomic E-state index is 13.6. The first-order chi connectivity index (χ1) is 17.4. The Morgan fingerprint density at radius 2 is 1.11 bits per heavy atom. The number of hydrogen-bond donors (Lipinski definition) is 0. The Bertz CT molecular complexity index is 1210. The van der Waals surface area contributed by atoms with Crippen LogP contribution in [0.3, 0.4) is 0 Å². The number of rotatable bonds is 10. The van der Waals surface area contributed by atoms with E-state index in [9.17, 15) is 14.4 Å². The Kier molecular flexibility index (Phi) is 9.01. The van der Waals surface area contributed by atoms with Gasteiger partial charge in [-0.05, 0) is 87.4 Å². The molecule has 0 aliphatic carbocycles. The summed E-state index contributed by atoms with van der Waals surface area (Å²) in [6, 6.07) is 19.6. The highest BCUT2D eigenvalue weighted by molar-refractivity contribution is 6.16. The molecule has 0 fully saturated rings. The molecule has 0 aliphatic heterocycles. The maximum Gasteiger partial charge on any atom is 0.254 e. The van der Waals surface area contributed by atoms with Crippen molar-refractivity contribution >= 4 is 17.6 Å². The van der Waals surface area contributed by atoms with Gasteiger partial charge in [-0.2, -0.15) is 0 Å². The first kappa shape index (κ1) is 26.7. The molecule has 0 unspecified atom stereocenters. The zero-order valence-corrected chi connectivity index (χ0v) is 21.7. The predicted octanol–water partition coefficient (Wildman–Crippen LogP) is 5.56. The number of carbonyl (C=O) groups is 3. The number of amides is 2. The Hall–Kier alpha value is -3.93. The van der Waals surface area contributed by atoms with Crippen molar-refractivity contribution in [3.63, 3.8) is 0 Å². The summed E-state index contributed by atoms with van der Waals surface area (Å²) in [5.74, 6) is 0.230. The first-order valence-corrected chi connectivity index (χ1v) is 12.4. The van der Waals surface area contributed by atoms with Crippen LogP contribution in [0.4, 0.5) is 0 Å². The standard InChI is InChI=1S/C30H34N2O4/c1-6-31(7-2)29(34)23-12-10-21(11-13-23)24-16-19-26(30(35)32(8-3)9-4)27(20-24)28(33)22-14-17-25(36-5)18-15-22/h10-20H,6-9H2,1-5H3. The molecule has 0 bridgehead atoms. The van der Waals surface area contributed by atoms with Crippen LogP contribution in [0, 0.1) is 0 Å². The highest BCUT2D eigenvalue weighted by atomic mass is 16.5. The van der Waals surface area contributed by atoms with Gasteiger partial charge in [-0.15, -0.1) is 0 Å². The van der Waals surface area contributed by atoms with E-state index in [1.165, 1.54) is 0 Å². The first-order valence-electron chi connectivity index (χ1n) is 12.4. The molecule has 3 aromatic carbocycles. The highest BCUT2D eigenvalue weighted by Gasteiger charge is 2.22. The number of methoxy groups -OCH3 is 1. The molecular formula is C30H34N2O4. The average molecular weight is 487 g/mol.